The molecule has 1 aliphatic carbocycles. The number of esters is 1. The van der Waals surface area contributed by atoms with Crippen LogP contribution in [0.25, 0.3) is 0 Å². The van der Waals surface area contributed by atoms with E-state index in [2.05, 4.69) is 12.2 Å². The largest absolute Gasteiger partial charge is 0.469 e. The molecule has 3 heteroatoms. The Bertz CT molecular complexity index is 222. The zero-order valence-corrected chi connectivity index (χ0v) is 11.5. The molecule has 0 aromatic carbocycles. The van der Waals surface area contributed by atoms with E-state index in [1.165, 1.54) is 45.6 Å². The quantitative estimate of drug-likeness (QED) is 0.594. The molecule has 0 heterocycles. The number of carbonyl (C=O) groups is 1. The summed E-state index contributed by atoms with van der Waals surface area (Å²) in [5.74, 6) is 0.612. The first-order chi connectivity index (χ1) is 8.15. The van der Waals surface area contributed by atoms with Crippen molar-refractivity contribution < 1.29 is 9.53 Å². The summed E-state index contributed by atoms with van der Waals surface area (Å²) in [6, 6.07) is 0.514. The normalized spacial score (nSPS) is 21.6. The molecule has 0 aliphatic heterocycles. The minimum Gasteiger partial charge on any atom is -0.469 e. The van der Waals surface area contributed by atoms with Gasteiger partial charge >= 0.3 is 5.97 Å². The van der Waals surface area contributed by atoms with Gasteiger partial charge in [-0.25, -0.2) is 0 Å². The highest BCUT2D eigenvalue weighted by atomic mass is 16.5. The molecule has 0 spiro atoms. The van der Waals surface area contributed by atoms with Gasteiger partial charge in [-0.3, -0.25) is 4.79 Å². The molecule has 0 saturated heterocycles. The molecule has 0 aromatic heterocycles. The SMILES string of the molecule is COC(=O)C(C)CN[C@@H](C)C1CCCCCC1. The highest BCUT2D eigenvalue weighted by Crippen LogP contribution is 2.25. The van der Waals surface area contributed by atoms with Gasteiger partial charge in [0.1, 0.15) is 0 Å². The molecule has 17 heavy (non-hydrogen) atoms. The predicted molar refractivity (Wildman–Crippen MR) is 69.8 cm³/mol. The van der Waals surface area contributed by atoms with Crippen molar-refractivity contribution in [2.45, 2.75) is 58.4 Å². The average Bonchev–Trinajstić information content (AvgIpc) is 2.63. The Kier molecular flexibility index (Phi) is 6.56. The fourth-order valence-corrected chi connectivity index (χ4v) is 2.62. The van der Waals surface area contributed by atoms with Crippen molar-refractivity contribution in [1.29, 1.82) is 0 Å². The van der Waals surface area contributed by atoms with E-state index in [4.69, 9.17) is 4.74 Å². The topological polar surface area (TPSA) is 38.3 Å². The molecule has 2 atom stereocenters. The van der Waals surface area contributed by atoms with Gasteiger partial charge in [-0.05, 0) is 25.7 Å². The van der Waals surface area contributed by atoms with Gasteiger partial charge in [0.05, 0.1) is 13.0 Å². The van der Waals surface area contributed by atoms with Crippen LogP contribution in [-0.4, -0.2) is 25.7 Å². The third kappa shape index (κ3) is 5.07. The molecule has 0 amide bonds. The Morgan fingerprint density at radius 2 is 1.82 bits per heavy atom. The maximum atomic E-state index is 11.3. The summed E-state index contributed by atoms with van der Waals surface area (Å²) in [4.78, 5) is 11.3. The first-order valence-electron chi connectivity index (χ1n) is 6.96. The summed E-state index contributed by atoms with van der Waals surface area (Å²) < 4.78 is 4.73. The standard InChI is InChI=1S/C14H27NO2/c1-11(14(16)17-3)10-15-12(2)13-8-6-4-5-7-9-13/h11-13,15H,4-10H2,1-3H3/t11?,12-/m0/s1. The summed E-state index contributed by atoms with van der Waals surface area (Å²) in [6.07, 6.45) is 8.18. The molecule has 1 saturated carbocycles. The van der Waals surface area contributed by atoms with Crippen LogP contribution in [0.5, 0.6) is 0 Å². The Balaban J connectivity index is 2.27. The van der Waals surface area contributed by atoms with Crippen LogP contribution in [0, 0.1) is 11.8 Å². The van der Waals surface area contributed by atoms with Crippen LogP contribution in [0.2, 0.25) is 0 Å². The van der Waals surface area contributed by atoms with Crippen LogP contribution >= 0.6 is 0 Å². The third-order valence-corrected chi connectivity index (χ3v) is 3.96. The highest BCUT2D eigenvalue weighted by molar-refractivity contribution is 5.72. The van der Waals surface area contributed by atoms with Crippen LogP contribution in [-0.2, 0) is 9.53 Å². The van der Waals surface area contributed by atoms with Gasteiger partial charge in [0.25, 0.3) is 0 Å². The molecule has 0 bridgehead atoms. The maximum Gasteiger partial charge on any atom is 0.309 e. The highest BCUT2D eigenvalue weighted by Gasteiger charge is 2.20. The lowest BCUT2D eigenvalue weighted by molar-refractivity contribution is -0.144. The van der Waals surface area contributed by atoms with Gasteiger partial charge in [0, 0.05) is 12.6 Å². The number of hydrogen-bond donors (Lipinski definition) is 1. The van der Waals surface area contributed by atoms with E-state index in [9.17, 15) is 4.79 Å². The molecule has 1 unspecified atom stereocenters. The summed E-state index contributed by atoms with van der Waals surface area (Å²) in [6.45, 7) is 4.89. The average molecular weight is 241 g/mol. The van der Waals surface area contributed by atoms with E-state index in [1.54, 1.807) is 0 Å². The van der Waals surface area contributed by atoms with Gasteiger partial charge in [-0.15, -0.1) is 0 Å². The minimum atomic E-state index is -0.120. The van der Waals surface area contributed by atoms with Crippen molar-refractivity contribution in [1.82, 2.24) is 5.32 Å². The van der Waals surface area contributed by atoms with Crippen LogP contribution in [0.3, 0.4) is 0 Å². The summed E-state index contributed by atoms with van der Waals surface area (Å²) in [5, 5.41) is 3.49. The van der Waals surface area contributed by atoms with Crippen molar-refractivity contribution in [2.24, 2.45) is 11.8 Å². The third-order valence-electron chi connectivity index (χ3n) is 3.96. The summed E-state index contributed by atoms with van der Waals surface area (Å²) in [7, 11) is 1.45. The lowest BCUT2D eigenvalue weighted by Gasteiger charge is -2.24. The second kappa shape index (κ2) is 7.70. The van der Waals surface area contributed by atoms with E-state index in [1.807, 2.05) is 6.92 Å². The molecule has 1 N–H and O–H groups in total. The zero-order chi connectivity index (χ0) is 12.7. The van der Waals surface area contributed by atoms with Gasteiger partial charge in [-0.1, -0.05) is 32.6 Å². The van der Waals surface area contributed by atoms with Gasteiger partial charge < -0.3 is 10.1 Å². The number of rotatable bonds is 5. The van der Waals surface area contributed by atoms with Gasteiger partial charge in [0.15, 0.2) is 0 Å². The summed E-state index contributed by atoms with van der Waals surface area (Å²) >= 11 is 0. The van der Waals surface area contributed by atoms with E-state index in [-0.39, 0.29) is 11.9 Å². The molecule has 1 aliphatic rings. The lowest BCUT2D eigenvalue weighted by atomic mass is 9.92. The van der Waals surface area contributed by atoms with E-state index < -0.39 is 0 Å². The number of hydrogen-bond acceptors (Lipinski definition) is 3. The molecular formula is C14H27NO2. The van der Waals surface area contributed by atoms with Gasteiger partial charge in [-0.2, -0.15) is 0 Å². The molecule has 0 aromatic rings. The molecule has 3 nitrogen and oxygen atoms in total. The Morgan fingerprint density at radius 1 is 1.24 bits per heavy atom. The minimum absolute atomic E-state index is 0.0479. The molecular weight excluding hydrogens is 214 g/mol. The Labute approximate surface area is 105 Å². The molecule has 1 fully saturated rings. The first-order valence-corrected chi connectivity index (χ1v) is 6.96. The summed E-state index contributed by atoms with van der Waals surface area (Å²) in [5.41, 5.74) is 0. The lowest BCUT2D eigenvalue weighted by Crippen LogP contribution is -2.38. The van der Waals surface area contributed by atoms with Crippen molar-refractivity contribution in [2.75, 3.05) is 13.7 Å². The fourth-order valence-electron chi connectivity index (χ4n) is 2.62. The monoisotopic (exact) mass is 241 g/mol. The van der Waals surface area contributed by atoms with Gasteiger partial charge in [0.2, 0.25) is 0 Å². The van der Waals surface area contributed by atoms with Crippen LogP contribution in [0.4, 0.5) is 0 Å². The van der Waals surface area contributed by atoms with E-state index in [0.717, 1.165) is 12.5 Å². The smallest absolute Gasteiger partial charge is 0.309 e. The van der Waals surface area contributed by atoms with E-state index >= 15 is 0 Å². The second-order valence-electron chi connectivity index (χ2n) is 5.37. The molecule has 1 rings (SSSR count). The van der Waals surface area contributed by atoms with E-state index in [0.29, 0.717) is 6.04 Å². The number of ether oxygens (including phenoxy) is 1. The van der Waals surface area contributed by atoms with Crippen molar-refractivity contribution in [3.05, 3.63) is 0 Å². The molecule has 100 valence electrons. The molecule has 0 radical (unpaired) electrons. The number of carbonyl (C=O) groups excluding carboxylic acids is 1. The van der Waals surface area contributed by atoms with Crippen LogP contribution in [0.1, 0.15) is 52.4 Å². The maximum absolute atomic E-state index is 11.3. The Morgan fingerprint density at radius 3 is 2.35 bits per heavy atom. The number of methoxy groups -OCH3 is 1. The second-order valence-corrected chi connectivity index (χ2v) is 5.37. The van der Waals surface area contributed by atoms with Crippen molar-refractivity contribution >= 4 is 5.97 Å². The van der Waals surface area contributed by atoms with Crippen LogP contribution in [0.15, 0.2) is 0 Å². The van der Waals surface area contributed by atoms with Crippen molar-refractivity contribution in [3.63, 3.8) is 0 Å². The van der Waals surface area contributed by atoms with Crippen molar-refractivity contribution in [3.8, 4) is 0 Å². The predicted octanol–water partition coefficient (Wildman–Crippen LogP) is 2.74. The first kappa shape index (κ1) is 14.5. The zero-order valence-electron chi connectivity index (χ0n) is 11.5. The number of nitrogens with one attached hydrogen (secondary N) is 1. The Hall–Kier alpha value is -0.570. The van der Waals surface area contributed by atoms with Crippen LogP contribution < -0.4 is 5.32 Å². The fraction of sp³-hybridized carbons (Fsp3) is 0.929.